The summed E-state index contributed by atoms with van der Waals surface area (Å²) in [5, 5.41) is 0. The molecule has 0 amide bonds. The van der Waals surface area contributed by atoms with Crippen molar-refractivity contribution in [2.75, 3.05) is 22.2 Å². The van der Waals surface area contributed by atoms with Crippen molar-refractivity contribution in [3.8, 4) is 0 Å². The summed E-state index contributed by atoms with van der Waals surface area (Å²) < 4.78 is 0. The number of fused-ring (bicyclic) bond motifs is 1. The van der Waals surface area contributed by atoms with Crippen LogP contribution in [0, 0.1) is 0 Å². The van der Waals surface area contributed by atoms with E-state index in [1.807, 2.05) is 0 Å². The first kappa shape index (κ1) is 21.0. The first-order valence-electron chi connectivity index (χ1n) is 9.82. The molecule has 0 N–H and O–H groups in total. The molecule has 25 heavy (non-hydrogen) atoms. The van der Waals surface area contributed by atoms with Gasteiger partial charge in [0.05, 0.1) is 0 Å². The van der Waals surface area contributed by atoms with Gasteiger partial charge in [-0.25, -0.2) is 0 Å². The van der Waals surface area contributed by atoms with E-state index in [-0.39, 0.29) is 15.8 Å². The van der Waals surface area contributed by atoms with E-state index in [2.05, 4.69) is 89.3 Å². The average Bonchev–Trinajstić information content (AvgIpc) is 2.87. The van der Waals surface area contributed by atoms with Gasteiger partial charge in [-0.15, -0.1) is 0 Å². The summed E-state index contributed by atoms with van der Waals surface area (Å²) in [6.45, 7) is 19.2. The van der Waals surface area contributed by atoms with Crippen LogP contribution in [0.2, 0.25) is 0 Å². The fourth-order valence-electron chi connectivity index (χ4n) is 3.84. The third-order valence-corrected chi connectivity index (χ3v) is 11.9. The van der Waals surface area contributed by atoms with Crippen LogP contribution >= 0.6 is 15.8 Å². The Morgan fingerprint density at radius 1 is 0.680 bits per heavy atom. The number of hydrogen-bond donors (Lipinski definition) is 0. The Balaban J connectivity index is 2.21. The summed E-state index contributed by atoms with van der Waals surface area (Å²) in [6, 6.07) is 9.07. The van der Waals surface area contributed by atoms with Gasteiger partial charge < -0.3 is 9.62 Å². The minimum absolute atomic E-state index is 0.0261. The van der Waals surface area contributed by atoms with Crippen molar-refractivity contribution >= 4 is 34.8 Å². The van der Waals surface area contributed by atoms with Gasteiger partial charge in [-0.05, 0) is 34.8 Å². The summed E-state index contributed by atoms with van der Waals surface area (Å²) in [5.41, 5.74) is 6.08. The Labute approximate surface area is 159 Å². The molecule has 0 saturated carbocycles. The number of anilines is 2. The maximum atomic E-state index is 2.66. The van der Waals surface area contributed by atoms with Crippen LogP contribution in [0.4, 0.5) is 11.4 Å². The summed E-state index contributed by atoms with van der Waals surface area (Å²) in [4.78, 5) is 5.32. The number of nitrogens with zero attached hydrogens (tertiary/aromatic N) is 2. The van der Waals surface area contributed by atoms with Crippen LogP contribution in [0.3, 0.4) is 0 Å². The van der Waals surface area contributed by atoms with E-state index in [9.17, 15) is 0 Å². The Hall–Kier alpha value is -0.255. The highest BCUT2D eigenvalue weighted by Crippen LogP contribution is 2.51. The molecule has 0 fully saturated rings. The Kier molecular flexibility index (Phi) is 7.66. The van der Waals surface area contributed by atoms with Gasteiger partial charge in [-0.3, -0.25) is 0 Å². The molecule has 0 aromatic heterocycles. The van der Waals surface area contributed by atoms with Crippen molar-refractivity contribution in [1.82, 2.24) is 0 Å². The summed E-state index contributed by atoms with van der Waals surface area (Å²) in [5.74, 6) is 0. The first-order valence-corrected chi connectivity index (χ1v) is 13.2. The summed E-state index contributed by atoms with van der Waals surface area (Å²) in [7, 11) is 1.13. The van der Waals surface area contributed by atoms with Gasteiger partial charge in [0.15, 0.2) is 0 Å². The Morgan fingerprint density at radius 2 is 1.00 bits per heavy atom. The lowest BCUT2D eigenvalue weighted by Crippen LogP contribution is -2.37. The lowest BCUT2D eigenvalue weighted by molar-refractivity contribution is 0.992. The van der Waals surface area contributed by atoms with Gasteiger partial charge >= 0.3 is 7.55 Å². The lowest BCUT2D eigenvalue weighted by Gasteiger charge is -2.33. The maximum absolute atomic E-state index is 2.66. The standard InChI is InChI=1S/C20H37BN2P2/c1-15(2)24(16(3)4)13-22-19-11-9-10-12-20(19)23(21-22)14-25(17(5)6)18(7)8/h9-12,15-18,21H,13-14H2,1-8H3. The fraction of sp³-hybridized carbons (Fsp3) is 0.700. The van der Waals surface area contributed by atoms with Gasteiger partial charge in [0.25, 0.3) is 0 Å². The van der Waals surface area contributed by atoms with Crippen molar-refractivity contribution in [2.24, 2.45) is 0 Å². The number of para-hydroxylation sites is 2. The Bertz CT molecular complexity index is 485. The van der Waals surface area contributed by atoms with Gasteiger partial charge in [0, 0.05) is 23.9 Å². The molecule has 2 rings (SSSR count). The minimum Gasteiger partial charge on any atom is -0.393 e. The molecular weight excluding hydrogens is 341 g/mol. The van der Waals surface area contributed by atoms with Gasteiger partial charge in [0.2, 0.25) is 0 Å². The number of hydrogen-bond acceptors (Lipinski definition) is 2. The normalized spacial score (nSPS) is 14.6. The van der Waals surface area contributed by atoms with Crippen LogP contribution in [-0.4, -0.2) is 42.8 Å². The highest BCUT2D eigenvalue weighted by molar-refractivity contribution is 7.59. The van der Waals surface area contributed by atoms with Crippen LogP contribution in [0.5, 0.6) is 0 Å². The predicted octanol–water partition coefficient (Wildman–Crippen LogP) is 6.09. The van der Waals surface area contributed by atoms with E-state index in [4.69, 9.17) is 0 Å². The molecule has 0 atom stereocenters. The van der Waals surface area contributed by atoms with Crippen molar-refractivity contribution in [2.45, 2.75) is 78.0 Å². The average molecular weight is 378 g/mol. The fourth-order valence-corrected chi connectivity index (χ4v) is 8.80. The molecule has 1 aromatic rings. The Morgan fingerprint density at radius 3 is 1.28 bits per heavy atom. The van der Waals surface area contributed by atoms with Crippen LogP contribution < -0.4 is 9.62 Å². The molecule has 140 valence electrons. The van der Waals surface area contributed by atoms with Gasteiger partial charge in [0.1, 0.15) is 0 Å². The van der Waals surface area contributed by atoms with E-state index >= 15 is 0 Å². The van der Waals surface area contributed by atoms with Crippen molar-refractivity contribution in [3.05, 3.63) is 24.3 Å². The largest absolute Gasteiger partial charge is 0.393 e. The molecule has 5 heteroatoms. The number of rotatable bonds is 8. The topological polar surface area (TPSA) is 6.48 Å². The van der Waals surface area contributed by atoms with Crippen molar-refractivity contribution < 1.29 is 0 Å². The van der Waals surface area contributed by atoms with E-state index in [0.29, 0.717) is 0 Å². The molecule has 0 spiro atoms. The quantitative estimate of drug-likeness (QED) is 0.399. The molecule has 0 bridgehead atoms. The van der Waals surface area contributed by atoms with E-state index in [0.717, 1.165) is 30.2 Å². The monoisotopic (exact) mass is 378 g/mol. The third kappa shape index (κ3) is 5.14. The first-order chi connectivity index (χ1) is 11.7. The molecule has 0 saturated heterocycles. The zero-order chi connectivity index (χ0) is 18.7. The second-order valence-electron chi connectivity index (χ2n) is 8.40. The molecule has 1 aliphatic rings. The van der Waals surface area contributed by atoms with Crippen LogP contribution in [0.1, 0.15) is 55.4 Å². The maximum Gasteiger partial charge on any atom is 0.357 e. The molecule has 1 aromatic carbocycles. The van der Waals surface area contributed by atoms with E-state index in [1.165, 1.54) is 23.9 Å². The van der Waals surface area contributed by atoms with Crippen LogP contribution in [0.15, 0.2) is 24.3 Å². The van der Waals surface area contributed by atoms with E-state index < -0.39 is 0 Å². The summed E-state index contributed by atoms with van der Waals surface area (Å²) in [6.07, 6.45) is 2.47. The highest BCUT2D eigenvalue weighted by Gasteiger charge is 2.32. The van der Waals surface area contributed by atoms with Crippen molar-refractivity contribution in [1.29, 1.82) is 0 Å². The van der Waals surface area contributed by atoms with Crippen LogP contribution in [0.25, 0.3) is 0 Å². The molecule has 0 aliphatic carbocycles. The predicted molar refractivity (Wildman–Crippen MR) is 123 cm³/mol. The van der Waals surface area contributed by atoms with E-state index in [1.54, 1.807) is 0 Å². The molecule has 0 radical (unpaired) electrons. The van der Waals surface area contributed by atoms with Crippen molar-refractivity contribution in [3.63, 3.8) is 0 Å². The second-order valence-corrected chi connectivity index (χ2v) is 15.1. The molecule has 1 heterocycles. The molecule has 2 nitrogen and oxygen atoms in total. The highest BCUT2D eigenvalue weighted by atomic mass is 31.1. The second kappa shape index (κ2) is 9.10. The zero-order valence-corrected chi connectivity index (χ0v) is 19.3. The SMILES string of the molecule is CC(C)P(CN1BN(CP(C(C)C)C(C)C)c2ccccc21)C(C)C. The summed E-state index contributed by atoms with van der Waals surface area (Å²) >= 11 is 0. The number of benzene rings is 1. The molecule has 1 aliphatic heterocycles. The third-order valence-electron chi connectivity index (χ3n) is 5.23. The van der Waals surface area contributed by atoms with Gasteiger partial charge in [-0.1, -0.05) is 83.4 Å². The molecule has 0 unspecified atom stereocenters. The zero-order valence-electron chi connectivity index (χ0n) is 17.5. The van der Waals surface area contributed by atoms with Crippen LogP contribution in [-0.2, 0) is 0 Å². The lowest BCUT2D eigenvalue weighted by atomic mass is 10.1. The minimum atomic E-state index is 0.0261. The molecular formula is C20H37BN2P2. The smallest absolute Gasteiger partial charge is 0.357 e. The van der Waals surface area contributed by atoms with Gasteiger partial charge in [-0.2, -0.15) is 0 Å².